The van der Waals surface area contributed by atoms with E-state index < -0.39 is 6.29 Å². The number of phenols is 1. The number of ether oxygens (including phenoxy) is 4. The van der Waals surface area contributed by atoms with E-state index in [9.17, 15) is 14.7 Å². The maximum absolute atomic E-state index is 11.9. The molecule has 0 amide bonds. The number of benzene rings is 3. The van der Waals surface area contributed by atoms with Gasteiger partial charge in [0.1, 0.15) is 23.9 Å². The predicted octanol–water partition coefficient (Wildman–Crippen LogP) is 8.77. The monoisotopic (exact) mass is 644 g/mol. The molecule has 0 radical (unpaired) electrons. The molecule has 1 N–H and O–H groups in total. The summed E-state index contributed by atoms with van der Waals surface area (Å²) in [6, 6.07) is 25.4. The molecule has 0 spiro atoms. The highest BCUT2D eigenvalue weighted by atomic mass is 32.1. The van der Waals surface area contributed by atoms with Gasteiger partial charge in [0.25, 0.3) is 0 Å². The minimum atomic E-state index is -0.494. The molecule has 4 unspecified atom stereocenters. The van der Waals surface area contributed by atoms with Crippen molar-refractivity contribution in [1.82, 2.24) is 0 Å². The molecule has 46 heavy (non-hydrogen) atoms. The minimum Gasteiger partial charge on any atom is -0.508 e. The summed E-state index contributed by atoms with van der Waals surface area (Å²) < 4.78 is 22.1. The Labute approximate surface area is 276 Å². The molecule has 4 rings (SSSR count). The lowest BCUT2D eigenvalue weighted by Gasteiger charge is -2.27. The third-order valence-electron chi connectivity index (χ3n) is 8.06. The van der Waals surface area contributed by atoms with Crippen LogP contribution in [0.5, 0.6) is 17.2 Å². The van der Waals surface area contributed by atoms with Crippen LogP contribution in [0.3, 0.4) is 0 Å². The van der Waals surface area contributed by atoms with E-state index in [1.807, 2.05) is 72.3 Å². The predicted molar refractivity (Wildman–Crippen MR) is 181 cm³/mol. The fourth-order valence-corrected chi connectivity index (χ4v) is 6.28. The van der Waals surface area contributed by atoms with Crippen LogP contribution in [-0.2, 0) is 25.5 Å². The van der Waals surface area contributed by atoms with Gasteiger partial charge in [-0.05, 0) is 119 Å². The minimum absolute atomic E-state index is 0.175. The molecule has 0 aliphatic carbocycles. The number of hydrogen-bond acceptors (Lipinski definition) is 8. The van der Waals surface area contributed by atoms with Crippen LogP contribution in [-0.4, -0.2) is 36.5 Å². The fraction of sp³-hybridized carbons (Fsp3) is 0.368. The van der Waals surface area contributed by atoms with Gasteiger partial charge in [-0.2, -0.15) is 11.3 Å². The number of carbonyl (C=O) groups excluding carboxylic acids is 2. The van der Waals surface area contributed by atoms with Crippen LogP contribution < -0.4 is 9.47 Å². The zero-order valence-corrected chi connectivity index (χ0v) is 27.8. The lowest BCUT2D eigenvalue weighted by Crippen LogP contribution is -2.20. The average molecular weight is 645 g/mol. The molecule has 0 bridgehead atoms. The molecule has 0 fully saturated rings. The summed E-state index contributed by atoms with van der Waals surface area (Å²) in [4.78, 5) is 23.3. The lowest BCUT2D eigenvalue weighted by atomic mass is 9.78. The Morgan fingerprint density at radius 2 is 1.41 bits per heavy atom. The highest BCUT2D eigenvalue weighted by Gasteiger charge is 2.22. The molecule has 0 saturated carbocycles. The van der Waals surface area contributed by atoms with Gasteiger partial charge >= 0.3 is 11.9 Å². The first-order chi connectivity index (χ1) is 22.2. The van der Waals surface area contributed by atoms with Gasteiger partial charge in [0, 0.05) is 6.92 Å². The van der Waals surface area contributed by atoms with Crippen LogP contribution in [0.15, 0.2) is 89.6 Å². The zero-order chi connectivity index (χ0) is 32.9. The second kappa shape index (κ2) is 17.5. The van der Waals surface area contributed by atoms with Crippen molar-refractivity contribution in [3.05, 3.63) is 112 Å². The van der Waals surface area contributed by atoms with Crippen molar-refractivity contribution in [2.24, 2.45) is 0 Å². The summed E-state index contributed by atoms with van der Waals surface area (Å²) in [6.07, 6.45) is 2.62. The van der Waals surface area contributed by atoms with Crippen molar-refractivity contribution in [1.29, 1.82) is 0 Å². The molecular weight excluding hydrogens is 600 g/mol. The Morgan fingerprint density at radius 3 is 2.04 bits per heavy atom. The van der Waals surface area contributed by atoms with Crippen molar-refractivity contribution < 1.29 is 33.6 Å². The molecule has 7 nitrogen and oxygen atoms in total. The van der Waals surface area contributed by atoms with Crippen molar-refractivity contribution in [2.75, 3.05) is 13.2 Å². The third kappa shape index (κ3) is 11.0. The van der Waals surface area contributed by atoms with Gasteiger partial charge in [-0.3, -0.25) is 9.59 Å². The summed E-state index contributed by atoms with van der Waals surface area (Å²) in [5, 5.41) is 13.8. The van der Waals surface area contributed by atoms with Gasteiger partial charge in [-0.1, -0.05) is 50.2 Å². The van der Waals surface area contributed by atoms with E-state index in [0.29, 0.717) is 17.4 Å². The summed E-state index contributed by atoms with van der Waals surface area (Å²) >= 11 is 1.56. The molecule has 0 aliphatic rings. The van der Waals surface area contributed by atoms with Crippen LogP contribution in [0.4, 0.5) is 0 Å². The standard InChI is InChI=1S/C38H44O7S/c1-5-30(32-10-16-37(17-11-32)45-28(4)42-19-20-43-38(41)23-29-18-21-46-25-29)24-34(33-6-12-35(40)13-7-33)22-26(2)31-8-14-36(15-9-31)44-27(3)39/h6-18,21,25-26,28,30,34,40H,5,19-20,22-24H2,1-4H3. The van der Waals surface area contributed by atoms with Crippen molar-refractivity contribution in [3.8, 4) is 17.2 Å². The van der Waals surface area contributed by atoms with Gasteiger partial charge in [-0.25, -0.2) is 0 Å². The number of hydrogen-bond donors (Lipinski definition) is 1. The first-order valence-electron chi connectivity index (χ1n) is 15.8. The number of rotatable bonds is 17. The number of carbonyl (C=O) groups is 2. The maximum atomic E-state index is 11.9. The lowest BCUT2D eigenvalue weighted by molar-refractivity contribution is -0.147. The summed E-state index contributed by atoms with van der Waals surface area (Å²) in [5.74, 6) is 1.76. The van der Waals surface area contributed by atoms with Gasteiger partial charge in [0.2, 0.25) is 0 Å². The van der Waals surface area contributed by atoms with Crippen LogP contribution in [0, 0.1) is 0 Å². The Morgan fingerprint density at radius 1 is 0.783 bits per heavy atom. The molecule has 0 aliphatic heterocycles. The first-order valence-corrected chi connectivity index (χ1v) is 16.8. The number of esters is 2. The normalized spacial score (nSPS) is 13.7. The summed E-state index contributed by atoms with van der Waals surface area (Å²) in [7, 11) is 0. The van der Waals surface area contributed by atoms with E-state index in [-0.39, 0.29) is 49.2 Å². The van der Waals surface area contributed by atoms with Gasteiger partial charge in [0.15, 0.2) is 6.29 Å². The summed E-state index contributed by atoms with van der Waals surface area (Å²) in [6.45, 7) is 8.08. The largest absolute Gasteiger partial charge is 0.508 e. The van der Waals surface area contributed by atoms with Crippen molar-refractivity contribution in [2.45, 2.75) is 77.4 Å². The Kier molecular flexibility index (Phi) is 13.2. The van der Waals surface area contributed by atoms with Crippen LogP contribution in [0.2, 0.25) is 0 Å². The molecule has 244 valence electrons. The first kappa shape index (κ1) is 34.7. The van der Waals surface area contributed by atoms with Crippen LogP contribution >= 0.6 is 11.3 Å². The van der Waals surface area contributed by atoms with Gasteiger partial charge in [0.05, 0.1) is 13.0 Å². The number of aromatic hydroxyl groups is 1. The maximum Gasteiger partial charge on any atom is 0.310 e. The molecule has 1 aromatic heterocycles. The molecule has 8 heteroatoms. The third-order valence-corrected chi connectivity index (χ3v) is 8.79. The Balaban J connectivity index is 1.33. The Bertz CT molecular complexity index is 1480. The SMILES string of the molecule is CCC(CC(CC(C)c1ccc(OC(C)=O)cc1)c1ccc(O)cc1)c1ccc(OC(C)OCCOC(=O)Cc2ccsc2)cc1. The average Bonchev–Trinajstić information content (AvgIpc) is 3.55. The van der Waals surface area contributed by atoms with Crippen molar-refractivity contribution >= 4 is 23.3 Å². The van der Waals surface area contributed by atoms with Crippen molar-refractivity contribution in [3.63, 3.8) is 0 Å². The molecular formula is C38H44O7S. The van der Waals surface area contributed by atoms with E-state index in [0.717, 1.165) is 24.8 Å². The van der Waals surface area contributed by atoms with Crippen LogP contribution in [0.25, 0.3) is 0 Å². The molecule has 4 atom stereocenters. The molecule has 4 aromatic rings. The fourth-order valence-electron chi connectivity index (χ4n) is 5.61. The Hall–Kier alpha value is -4.14. The second-order valence-electron chi connectivity index (χ2n) is 11.6. The molecule has 0 saturated heterocycles. The summed E-state index contributed by atoms with van der Waals surface area (Å²) in [5.41, 5.74) is 4.57. The van der Waals surface area contributed by atoms with E-state index in [2.05, 4.69) is 26.0 Å². The smallest absolute Gasteiger partial charge is 0.310 e. The number of phenolic OH excluding ortho intramolecular Hbond substituents is 1. The van der Waals surface area contributed by atoms with E-state index in [4.69, 9.17) is 18.9 Å². The van der Waals surface area contributed by atoms with Crippen LogP contribution in [0.1, 0.15) is 87.0 Å². The molecule has 1 heterocycles. The van der Waals surface area contributed by atoms with Gasteiger partial charge < -0.3 is 24.1 Å². The van der Waals surface area contributed by atoms with E-state index in [1.54, 1.807) is 23.5 Å². The molecule has 3 aromatic carbocycles. The highest BCUT2D eigenvalue weighted by Crippen LogP contribution is 2.39. The second-order valence-corrected chi connectivity index (χ2v) is 12.4. The topological polar surface area (TPSA) is 91.3 Å². The van der Waals surface area contributed by atoms with Gasteiger partial charge in [-0.15, -0.1) is 0 Å². The highest BCUT2D eigenvalue weighted by molar-refractivity contribution is 7.08. The number of thiophene rings is 1. The van der Waals surface area contributed by atoms with E-state index in [1.165, 1.54) is 23.6 Å². The zero-order valence-electron chi connectivity index (χ0n) is 27.0. The van der Waals surface area contributed by atoms with E-state index >= 15 is 0 Å². The quantitative estimate of drug-likeness (QED) is 0.0532.